The SMILES string of the molecule is CC[NH+](CC)CCNC(=O)c1cc(=O)[nH]c2ccc(Br)cc12. The van der Waals surface area contributed by atoms with Gasteiger partial charge in [0.2, 0.25) is 5.56 Å². The molecule has 0 fully saturated rings. The van der Waals surface area contributed by atoms with E-state index in [9.17, 15) is 9.59 Å². The number of nitrogens with one attached hydrogen (secondary N) is 3. The predicted octanol–water partition coefficient (Wildman–Crippen LogP) is 0.945. The Bertz CT molecular complexity index is 723. The van der Waals surface area contributed by atoms with Gasteiger partial charge < -0.3 is 15.2 Å². The third-order valence-electron chi connectivity index (χ3n) is 3.81. The first-order valence-electron chi connectivity index (χ1n) is 7.49. The zero-order chi connectivity index (χ0) is 16.1. The van der Waals surface area contributed by atoms with E-state index < -0.39 is 0 Å². The van der Waals surface area contributed by atoms with Gasteiger partial charge in [-0.1, -0.05) is 15.9 Å². The van der Waals surface area contributed by atoms with Gasteiger partial charge in [0, 0.05) is 21.4 Å². The van der Waals surface area contributed by atoms with Gasteiger partial charge in [0.15, 0.2) is 0 Å². The Labute approximate surface area is 137 Å². The molecule has 1 heterocycles. The molecule has 6 heteroatoms. The van der Waals surface area contributed by atoms with Crippen molar-refractivity contribution in [1.29, 1.82) is 0 Å². The van der Waals surface area contributed by atoms with Gasteiger partial charge >= 0.3 is 0 Å². The quantitative estimate of drug-likeness (QED) is 0.712. The van der Waals surface area contributed by atoms with Crippen LogP contribution >= 0.6 is 15.9 Å². The van der Waals surface area contributed by atoms with E-state index >= 15 is 0 Å². The number of benzene rings is 1. The molecule has 0 bridgehead atoms. The number of H-pyrrole nitrogens is 1. The second kappa shape index (κ2) is 7.56. The first kappa shape index (κ1) is 16.7. The molecule has 0 aliphatic heterocycles. The average molecular weight is 367 g/mol. The topological polar surface area (TPSA) is 66.4 Å². The van der Waals surface area contributed by atoms with E-state index in [-0.39, 0.29) is 11.5 Å². The molecule has 118 valence electrons. The van der Waals surface area contributed by atoms with Crippen LogP contribution in [0.4, 0.5) is 0 Å². The van der Waals surface area contributed by atoms with Crippen molar-refractivity contribution in [3.8, 4) is 0 Å². The summed E-state index contributed by atoms with van der Waals surface area (Å²) in [5.74, 6) is -0.208. The van der Waals surface area contributed by atoms with Crippen molar-refractivity contribution in [3.05, 3.63) is 44.7 Å². The molecule has 5 nitrogen and oxygen atoms in total. The number of fused-ring (bicyclic) bond motifs is 1. The number of amides is 1. The Hall–Kier alpha value is -1.66. The fourth-order valence-electron chi connectivity index (χ4n) is 2.47. The number of rotatable bonds is 6. The Morgan fingerprint density at radius 2 is 2.00 bits per heavy atom. The fraction of sp³-hybridized carbons (Fsp3) is 0.375. The number of pyridine rings is 1. The number of carbonyl (C=O) groups is 1. The zero-order valence-corrected chi connectivity index (χ0v) is 14.4. The molecule has 0 aliphatic carbocycles. The van der Waals surface area contributed by atoms with Gasteiger partial charge in [0.05, 0.1) is 31.7 Å². The summed E-state index contributed by atoms with van der Waals surface area (Å²) in [5.41, 5.74) is 0.805. The van der Waals surface area contributed by atoms with Crippen LogP contribution in [0.3, 0.4) is 0 Å². The van der Waals surface area contributed by atoms with Gasteiger partial charge in [0.1, 0.15) is 0 Å². The lowest BCUT2D eigenvalue weighted by molar-refractivity contribution is -0.895. The number of aromatic nitrogens is 1. The van der Waals surface area contributed by atoms with Crippen LogP contribution in [0, 0.1) is 0 Å². The van der Waals surface area contributed by atoms with Crippen LogP contribution in [0.25, 0.3) is 10.9 Å². The van der Waals surface area contributed by atoms with Crippen LogP contribution in [-0.2, 0) is 0 Å². The number of carbonyl (C=O) groups excluding carboxylic acids is 1. The number of quaternary nitrogens is 1. The van der Waals surface area contributed by atoms with Gasteiger partial charge in [-0.05, 0) is 32.0 Å². The molecule has 22 heavy (non-hydrogen) atoms. The predicted molar refractivity (Wildman–Crippen MR) is 91.5 cm³/mol. The maximum absolute atomic E-state index is 12.4. The summed E-state index contributed by atoms with van der Waals surface area (Å²) in [6.45, 7) is 7.80. The van der Waals surface area contributed by atoms with E-state index in [1.807, 2.05) is 12.1 Å². The summed E-state index contributed by atoms with van der Waals surface area (Å²) in [5, 5.41) is 3.65. The molecule has 0 unspecified atom stereocenters. The first-order valence-corrected chi connectivity index (χ1v) is 8.28. The van der Waals surface area contributed by atoms with Crippen molar-refractivity contribution in [3.63, 3.8) is 0 Å². The first-order chi connectivity index (χ1) is 10.5. The molecule has 0 aliphatic rings. The molecule has 2 aromatic rings. The minimum atomic E-state index is -0.269. The van der Waals surface area contributed by atoms with E-state index in [0.717, 1.165) is 29.5 Å². The van der Waals surface area contributed by atoms with Crippen molar-refractivity contribution in [2.24, 2.45) is 0 Å². The monoisotopic (exact) mass is 366 g/mol. The maximum Gasteiger partial charge on any atom is 0.252 e. The lowest BCUT2D eigenvalue weighted by atomic mass is 10.1. The Morgan fingerprint density at radius 1 is 1.27 bits per heavy atom. The lowest BCUT2D eigenvalue weighted by Crippen LogP contribution is -3.12. The summed E-state index contributed by atoms with van der Waals surface area (Å²) in [6.07, 6.45) is 0. The third kappa shape index (κ3) is 3.96. The molecular weight excluding hydrogens is 346 g/mol. The van der Waals surface area contributed by atoms with E-state index in [2.05, 4.69) is 40.1 Å². The molecule has 1 aromatic carbocycles. The maximum atomic E-state index is 12.4. The highest BCUT2D eigenvalue weighted by atomic mass is 79.9. The van der Waals surface area contributed by atoms with E-state index in [0.29, 0.717) is 17.6 Å². The van der Waals surface area contributed by atoms with Crippen LogP contribution in [0.15, 0.2) is 33.5 Å². The Kier molecular flexibility index (Phi) is 5.74. The van der Waals surface area contributed by atoms with Crippen LogP contribution in [0.5, 0.6) is 0 Å². The van der Waals surface area contributed by atoms with E-state index in [1.54, 1.807) is 6.07 Å². The summed E-state index contributed by atoms with van der Waals surface area (Å²) in [4.78, 5) is 28.3. The van der Waals surface area contributed by atoms with Gasteiger partial charge in [-0.2, -0.15) is 0 Å². The minimum absolute atomic E-state index is 0.208. The Balaban J connectivity index is 2.20. The van der Waals surface area contributed by atoms with Crippen molar-refractivity contribution < 1.29 is 9.69 Å². The van der Waals surface area contributed by atoms with Crippen molar-refractivity contribution in [2.45, 2.75) is 13.8 Å². The summed E-state index contributed by atoms with van der Waals surface area (Å²) < 4.78 is 0.869. The van der Waals surface area contributed by atoms with Crippen LogP contribution in [0.2, 0.25) is 0 Å². The minimum Gasteiger partial charge on any atom is -0.346 e. The number of hydrogen-bond acceptors (Lipinski definition) is 2. The second-order valence-corrected chi connectivity index (χ2v) is 6.12. The van der Waals surface area contributed by atoms with Crippen molar-refractivity contribution in [1.82, 2.24) is 10.3 Å². The van der Waals surface area contributed by atoms with Gasteiger partial charge in [-0.25, -0.2) is 0 Å². The Morgan fingerprint density at radius 3 is 2.68 bits per heavy atom. The lowest BCUT2D eigenvalue weighted by Gasteiger charge is -2.15. The second-order valence-electron chi connectivity index (χ2n) is 5.20. The molecule has 1 amide bonds. The third-order valence-corrected chi connectivity index (χ3v) is 4.31. The molecule has 0 radical (unpaired) electrons. The molecule has 0 saturated heterocycles. The van der Waals surface area contributed by atoms with E-state index in [1.165, 1.54) is 11.0 Å². The number of hydrogen-bond donors (Lipinski definition) is 3. The van der Waals surface area contributed by atoms with Crippen LogP contribution in [0.1, 0.15) is 24.2 Å². The highest BCUT2D eigenvalue weighted by Crippen LogP contribution is 2.20. The van der Waals surface area contributed by atoms with E-state index in [4.69, 9.17) is 0 Å². The molecule has 0 atom stereocenters. The standard InChI is InChI=1S/C16H20BrN3O2/c1-3-20(4-2)8-7-18-16(22)13-10-15(21)19-14-6-5-11(17)9-12(13)14/h5-6,9-10H,3-4,7-8H2,1-2H3,(H,18,22)(H,19,21)/p+1. The zero-order valence-electron chi connectivity index (χ0n) is 12.8. The van der Waals surface area contributed by atoms with Gasteiger partial charge in [-0.3, -0.25) is 9.59 Å². The molecule has 3 N–H and O–H groups in total. The van der Waals surface area contributed by atoms with Gasteiger partial charge in [-0.15, -0.1) is 0 Å². The van der Waals surface area contributed by atoms with Crippen LogP contribution < -0.4 is 15.8 Å². The highest BCUT2D eigenvalue weighted by Gasteiger charge is 2.12. The molecule has 2 rings (SSSR count). The number of likely N-dealkylation sites (N-methyl/N-ethyl adjacent to an activating group) is 1. The van der Waals surface area contributed by atoms with Crippen molar-refractivity contribution >= 4 is 32.7 Å². The largest absolute Gasteiger partial charge is 0.346 e. The number of halogens is 1. The smallest absolute Gasteiger partial charge is 0.252 e. The summed E-state index contributed by atoms with van der Waals surface area (Å²) in [7, 11) is 0. The molecular formula is C16H21BrN3O2+. The summed E-state index contributed by atoms with van der Waals surface area (Å²) >= 11 is 3.40. The van der Waals surface area contributed by atoms with Gasteiger partial charge in [0.25, 0.3) is 5.91 Å². The van der Waals surface area contributed by atoms with Crippen molar-refractivity contribution in [2.75, 3.05) is 26.2 Å². The molecule has 0 spiro atoms. The average Bonchev–Trinajstić information content (AvgIpc) is 2.51. The molecule has 0 saturated carbocycles. The highest BCUT2D eigenvalue weighted by molar-refractivity contribution is 9.10. The normalized spacial score (nSPS) is 11.1. The molecule has 1 aromatic heterocycles. The van der Waals surface area contributed by atoms with Crippen LogP contribution in [-0.4, -0.2) is 37.1 Å². The summed E-state index contributed by atoms with van der Waals surface area (Å²) in [6, 6.07) is 6.82. The fourth-order valence-corrected chi connectivity index (χ4v) is 2.83. The number of aromatic amines is 1.